The molecule has 1 atom stereocenters. The summed E-state index contributed by atoms with van der Waals surface area (Å²) in [6.45, 7) is 0. The number of benzene rings is 2. The predicted octanol–water partition coefficient (Wildman–Crippen LogP) is 5.88. The van der Waals surface area contributed by atoms with Gasteiger partial charge >= 0.3 is 12.1 Å². The van der Waals surface area contributed by atoms with Gasteiger partial charge in [-0.25, -0.2) is 4.79 Å². The molecule has 1 amide bonds. The van der Waals surface area contributed by atoms with E-state index in [1.165, 1.54) is 36.4 Å². The summed E-state index contributed by atoms with van der Waals surface area (Å²) in [5.74, 6) is -2.13. The molecule has 6 nitrogen and oxygen atoms in total. The molecule has 1 fully saturated rings. The molecule has 0 bridgehead atoms. The maximum atomic E-state index is 13.5. The number of aromatic nitrogens is 1. The van der Waals surface area contributed by atoms with E-state index in [0.717, 1.165) is 37.2 Å². The van der Waals surface area contributed by atoms with Gasteiger partial charge in [-0.1, -0.05) is 24.4 Å². The maximum absolute atomic E-state index is 13.5. The first-order valence-electron chi connectivity index (χ1n) is 10.8. The average molecular weight is 505 g/mol. The molecule has 2 aromatic carbocycles. The molecule has 10 heteroatoms. The molecule has 1 aliphatic carbocycles. The van der Waals surface area contributed by atoms with Crippen molar-refractivity contribution in [1.82, 2.24) is 0 Å². The smallest absolute Gasteiger partial charge is 0.417 e. The summed E-state index contributed by atoms with van der Waals surface area (Å²) < 4.78 is 40.9. The predicted molar refractivity (Wildman–Crippen MR) is 123 cm³/mol. The van der Waals surface area contributed by atoms with Gasteiger partial charge in [0.15, 0.2) is 6.20 Å². The number of nitrogens with zero attached hydrogens (tertiary/aromatic N) is 1. The summed E-state index contributed by atoms with van der Waals surface area (Å²) in [5, 5.41) is 24.7. The highest BCUT2D eigenvalue weighted by molar-refractivity contribution is 6.30. The number of hydrogen-bond acceptors (Lipinski definition) is 3. The number of halogens is 4. The molecule has 0 radical (unpaired) electrons. The van der Waals surface area contributed by atoms with Crippen LogP contribution in [-0.4, -0.2) is 17.0 Å². The van der Waals surface area contributed by atoms with Gasteiger partial charge < -0.3 is 15.6 Å². The quantitative estimate of drug-likeness (QED) is 0.310. The summed E-state index contributed by atoms with van der Waals surface area (Å²) in [4.78, 5) is 24.1. The zero-order valence-electron chi connectivity index (χ0n) is 18.2. The van der Waals surface area contributed by atoms with Crippen LogP contribution in [0.3, 0.4) is 0 Å². The van der Waals surface area contributed by atoms with Crippen LogP contribution in [0.2, 0.25) is 5.02 Å². The highest BCUT2D eigenvalue weighted by atomic mass is 35.5. The summed E-state index contributed by atoms with van der Waals surface area (Å²) in [7, 11) is 0. The van der Waals surface area contributed by atoms with Crippen molar-refractivity contribution in [2.75, 3.05) is 5.32 Å². The van der Waals surface area contributed by atoms with Crippen LogP contribution < -0.4 is 10.0 Å². The Balaban J connectivity index is 1.64. The largest absolute Gasteiger partial charge is 0.618 e. The van der Waals surface area contributed by atoms with Crippen LogP contribution in [0.5, 0.6) is 0 Å². The molecule has 3 aromatic rings. The van der Waals surface area contributed by atoms with Crippen molar-refractivity contribution in [1.29, 1.82) is 0 Å². The van der Waals surface area contributed by atoms with Crippen molar-refractivity contribution in [2.45, 2.75) is 31.4 Å². The zero-order chi connectivity index (χ0) is 25.3. The standard InChI is InChI=1S/C25H20ClF3N2O4/c26-17-6-9-21(25(27,28)29)19(12-17)16-5-10-22(31(35)13-16)20(11-14-1-2-14)23(32)30-18-7-3-15(4-8-18)24(33)34/h3-10,12-14,20H,1-2,11H2,(H,30,32)(H,33,34)/t20-/m1/s1. The minimum atomic E-state index is -4.64. The minimum Gasteiger partial charge on any atom is -0.618 e. The van der Waals surface area contributed by atoms with E-state index in [1.54, 1.807) is 0 Å². The van der Waals surface area contributed by atoms with Crippen molar-refractivity contribution < 1.29 is 32.6 Å². The van der Waals surface area contributed by atoms with E-state index in [1.807, 2.05) is 0 Å². The number of aromatic carboxylic acids is 1. The number of carboxylic acid groups (broad SMARTS) is 1. The number of carbonyl (C=O) groups excluding carboxylic acids is 1. The summed E-state index contributed by atoms with van der Waals surface area (Å²) in [5.41, 5.74) is -0.604. The monoisotopic (exact) mass is 504 g/mol. The van der Waals surface area contributed by atoms with E-state index < -0.39 is 29.5 Å². The number of pyridine rings is 1. The Morgan fingerprint density at radius 1 is 1.11 bits per heavy atom. The summed E-state index contributed by atoms with van der Waals surface area (Å²) in [6, 6.07) is 11.5. The van der Waals surface area contributed by atoms with Crippen molar-refractivity contribution in [3.8, 4) is 11.1 Å². The number of rotatable bonds is 7. The fourth-order valence-electron chi connectivity index (χ4n) is 3.90. The number of carbonyl (C=O) groups is 2. The zero-order valence-corrected chi connectivity index (χ0v) is 18.9. The summed E-state index contributed by atoms with van der Waals surface area (Å²) >= 11 is 5.91. The Morgan fingerprint density at radius 2 is 1.80 bits per heavy atom. The van der Waals surface area contributed by atoms with E-state index in [4.69, 9.17) is 16.7 Å². The van der Waals surface area contributed by atoms with Gasteiger partial charge in [-0.3, -0.25) is 4.79 Å². The highest BCUT2D eigenvalue weighted by Crippen LogP contribution is 2.40. The average Bonchev–Trinajstić information content (AvgIpc) is 3.61. The summed E-state index contributed by atoms with van der Waals surface area (Å²) in [6.07, 6.45) is -1.37. The van der Waals surface area contributed by atoms with E-state index in [-0.39, 0.29) is 33.3 Å². The van der Waals surface area contributed by atoms with Gasteiger partial charge in [-0.2, -0.15) is 17.9 Å². The second-order valence-electron chi connectivity index (χ2n) is 8.46. The lowest BCUT2D eigenvalue weighted by Gasteiger charge is -2.18. The second-order valence-corrected chi connectivity index (χ2v) is 8.90. The van der Waals surface area contributed by atoms with Crippen LogP contribution in [0.15, 0.2) is 60.8 Å². The molecule has 182 valence electrons. The third-order valence-corrected chi connectivity index (χ3v) is 6.12. The lowest BCUT2D eigenvalue weighted by molar-refractivity contribution is -0.614. The van der Waals surface area contributed by atoms with Crippen molar-refractivity contribution in [3.05, 3.63) is 87.8 Å². The number of amides is 1. The molecule has 0 saturated heterocycles. The normalized spacial score (nSPS) is 14.4. The fourth-order valence-corrected chi connectivity index (χ4v) is 4.07. The van der Waals surface area contributed by atoms with Gasteiger partial charge in [0, 0.05) is 27.9 Å². The molecule has 1 aromatic heterocycles. The van der Waals surface area contributed by atoms with E-state index in [2.05, 4.69) is 5.32 Å². The molecule has 0 spiro atoms. The Kier molecular flexibility index (Phi) is 6.71. The Morgan fingerprint density at radius 3 is 2.37 bits per heavy atom. The SMILES string of the molecule is O=C(O)c1ccc(NC(=O)[C@H](CC2CC2)c2ccc(-c3cc(Cl)ccc3C(F)(F)F)c[n+]2[O-])cc1. The molecule has 1 aliphatic rings. The molecule has 1 heterocycles. The Bertz CT molecular complexity index is 1270. The first-order valence-corrected chi connectivity index (χ1v) is 11.1. The van der Waals surface area contributed by atoms with Gasteiger partial charge in [-0.05, 0) is 60.9 Å². The van der Waals surface area contributed by atoms with Crippen molar-refractivity contribution in [3.63, 3.8) is 0 Å². The Labute approximate surface area is 203 Å². The van der Waals surface area contributed by atoms with Gasteiger partial charge in [0.05, 0.1) is 11.1 Å². The molecule has 2 N–H and O–H groups in total. The van der Waals surface area contributed by atoms with Crippen LogP contribution in [0.25, 0.3) is 11.1 Å². The molecule has 0 unspecified atom stereocenters. The van der Waals surface area contributed by atoms with Gasteiger partial charge in [-0.15, -0.1) is 0 Å². The van der Waals surface area contributed by atoms with Crippen LogP contribution >= 0.6 is 11.6 Å². The van der Waals surface area contributed by atoms with Crippen molar-refractivity contribution >= 4 is 29.2 Å². The lowest BCUT2D eigenvalue weighted by atomic mass is 9.94. The topological polar surface area (TPSA) is 93.3 Å². The number of hydrogen-bond donors (Lipinski definition) is 2. The van der Waals surface area contributed by atoms with Gasteiger partial charge in [0.1, 0.15) is 5.92 Å². The Hall–Kier alpha value is -3.59. The second kappa shape index (κ2) is 9.58. The number of carboxylic acids is 1. The van der Waals surface area contributed by atoms with Crippen LogP contribution in [0, 0.1) is 11.1 Å². The number of anilines is 1. The third kappa shape index (κ3) is 5.74. The maximum Gasteiger partial charge on any atom is 0.417 e. The fraction of sp³-hybridized carbons (Fsp3) is 0.240. The third-order valence-electron chi connectivity index (χ3n) is 5.88. The van der Waals surface area contributed by atoms with Gasteiger partial charge in [0.25, 0.3) is 0 Å². The lowest BCUT2D eigenvalue weighted by Crippen LogP contribution is -2.37. The first kappa shape index (κ1) is 24.5. The van der Waals surface area contributed by atoms with Crippen LogP contribution in [0.1, 0.15) is 46.8 Å². The number of alkyl halides is 3. The van der Waals surface area contributed by atoms with E-state index >= 15 is 0 Å². The number of nitrogens with one attached hydrogen (secondary N) is 1. The molecular formula is C25H20ClF3N2O4. The molecule has 4 rings (SSSR count). The van der Waals surface area contributed by atoms with Crippen LogP contribution in [-0.2, 0) is 11.0 Å². The molecular weight excluding hydrogens is 485 g/mol. The first-order chi connectivity index (χ1) is 16.5. The van der Waals surface area contributed by atoms with Crippen molar-refractivity contribution in [2.24, 2.45) is 5.92 Å². The molecule has 35 heavy (non-hydrogen) atoms. The molecule has 1 saturated carbocycles. The van der Waals surface area contributed by atoms with E-state index in [9.17, 15) is 28.0 Å². The highest BCUT2D eigenvalue weighted by Gasteiger charge is 2.36. The minimum absolute atomic E-state index is 0.0217. The van der Waals surface area contributed by atoms with Gasteiger partial charge in [0.2, 0.25) is 11.6 Å². The van der Waals surface area contributed by atoms with E-state index in [0.29, 0.717) is 16.8 Å². The molecule has 0 aliphatic heterocycles. The van der Waals surface area contributed by atoms with Crippen LogP contribution in [0.4, 0.5) is 18.9 Å².